The molecule has 0 fully saturated rings. The third-order valence-corrected chi connectivity index (χ3v) is 5.34. The number of nitrogens with one attached hydrogen (secondary N) is 1. The zero-order valence-electron chi connectivity index (χ0n) is 10.3. The lowest BCUT2D eigenvalue weighted by molar-refractivity contribution is 0.579. The quantitative estimate of drug-likeness (QED) is 0.791. The van der Waals surface area contributed by atoms with Gasteiger partial charge in [-0.1, -0.05) is 29.8 Å². The van der Waals surface area contributed by atoms with Crippen LogP contribution in [0.25, 0.3) is 0 Å². The molecule has 18 heavy (non-hydrogen) atoms. The summed E-state index contributed by atoms with van der Waals surface area (Å²) in [5.41, 5.74) is 1.14. The van der Waals surface area contributed by atoms with Crippen molar-refractivity contribution in [1.29, 1.82) is 0 Å². The van der Waals surface area contributed by atoms with Crippen LogP contribution in [0.5, 0.6) is 0 Å². The van der Waals surface area contributed by atoms with Gasteiger partial charge in [-0.25, -0.2) is 0 Å². The van der Waals surface area contributed by atoms with E-state index in [-0.39, 0.29) is 6.04 Å². The highest BCUT2D eigenvalue weighted by Crippen LogP contribution is 2.27. The number of benzene rings is 1. The highest BCUT2D eigenvalue weighted by atomic mass is 79.9. The molecule has 1 heterocycles. The van der Waals surface area contributed by atoms with E-state index >= 15 is 0 Å². The number of aryl methyl sites for hydroxylation is 1. The normalized spacial score (nSPS) is 12.7. The Kier molecular flexibility index (Phi) is 4.84. The Bertz CT molecular complexity index is 519. The van der Waals surface area contributed by atoms with Gasteiger partial charge >= 0.3 is 0 Å². The van der Waals surface area contributed by atoms with Crippen molar-refractivity contribution in [2.45, 2.75) is 26.4 Å². The summed E-state index contributed by atoms with van der Waals surface area (Å²) in [5.74, 6) is 0. The fourth-order valence-corrected chi connectivity index (χ4v) is 3.65. The Morgan fingerprint density at radius 2 is 2.11 bits per heavy atom. The van der Waals surface area contributed by atoms with Gasteiger partial charge in [-0.2, -0.15) is 0 Å². The van der Waals surface area contributed by atoms with E-state index in [0.717, 1.165) is 17.1 Å². The number of thiophene rings is 1. The minimum atomic E-state index is 0.250. The second-order valence-electron chi connectivity index (χ2n) is 4.24. The van der Waals surface area contributed by atoms with Crippen LogP contribution >= 0.6 is 38.9 Å². The first-order valence-electron chi connectivity index (χ1n) is 5.80. The Morgan fingerprint density at radius 1 is 1.39 bits per heavy atom. The summed E-state index contributed by atoms with van der Waals surface area (Å²) in [6.45, 7) is 5.12. The number of hydrogen-bond acceptors (Lipinski definition) is 2. The number of rotatable bonds is 4. The standard InChI is InChI=1S/C14H15BrClNS/c1-9(12-5-3-4-6-14(12)16)17-8-11-7-13(15)10(2)18-11/h3-7,9,17H,8H2,1-2H3. The lowest BCUT2D eigenvalue weighted by atomic mass is 10.1. The minimum Gasteiger partial charge on any atom is -0.305 e. The molecular weight excluding hydrogens is 330 g/mol. The molecule has 96 valence electrons. The van der Waals surface area contributed by atoms with Gasteiger partial charge in [0.25, 0.3) is 0 Å². The molecule has 0 aliphatic heterocycles. The molecule has 2 rings (SSSR count). The van der Waals surface area contributed by atoms with Crippen LogP contribution in [0, 0.1) is 6.92 Å². The highest BCUT2D eigenvalue weighted by Gasteiger charge is 2.09. The SMILES string of the molecule is Cc1sc(CNC(C)c2ccccc2Cl)cc1Br. The molecule has 4 heteroatoms. The van der Waals surface area contributed by atoms with Crippen molar-refractivity contribution in [3.05, 3.63) is 55.1 Å². The first kappa shape index (κ1) is 14.1. The molecule has 0 aliphatic rings. The Hall–Kier alpha value is -0.350. The van der Waals surface area contributed by atoms with Crippen molar-refractivity contribution >= 4 is 38.9 Å². The monoisotopic (exact) mass is 343 g/mol. The molecule has 0 saturated carbocycles. The molecule has 1 N–H and O–H groups in total. The van der Waals surface area contributed by atoms with Gasteiger partial charge in [0.15, 0.2) is 0 Å². The van der Waals surface area contributed by atoms with Crippen molar-refractivity contribution < 1.29 is 0 Å². The van der Waals surface area contributed by atoms with Gasteiger partial charge in [0.05, 0.1) is 0 Å². The molecule has 0 bridgehead atoms. The maximum atomic E-state index is 6.19. The molecule has 1 atom stereocenters. The topological polar surface area (TPSA) is 12.0 Å². The van der Waals surface area contributed by atoms with E-state index in [1.165, 1.54) is 14.2 Å². The molecule has 1 aromatic carbocycles. The maximum Gasteiger partial charge on any atom is 0.0453 e. The van der Waals surface area contributed by atoms with Crippen molar-refractivity contribution in [2.24, 2.45) is 0 Å². The predicted molar refractivity (Wildman–Crippen MR) is 83.5 cm³/mol. The van der Waals surface area contributed by atoms with Crippen LogP contribution in [-0.2, 0) is 6.54 Å². The predicted octanol–water partition coefficient (Wildman–Crippen LogP) is 5.32. The van der Waals surface area contributed by atoms with Crippen LogP contribution in [0.15, 0.2) is 34.8 Å². The van der Waals surface area contributed by atoms with Gasteiger partial charge in [-0.3, -0.25) is 0 Å². The van der Waals surface area contributed by atoms with Crippen LogP contribution in [0.3, 0.4) is 0 Å². The molecule has 1 aromatic heterocycles. The molecule has 1 unspecified atom stereocenters. The summed E-state index contributed by atoms with van der Waals surface area (Å²) in [4.78, 5) is 2.65. The average molecular weight is 345 g/mol. The number of hydrogen-bond donors (Lipinski definition) is 1. The Balaban J connectivity index is 2.00. The largest absolute Gasteiger partial charge is 0.305 e. The summed E-state index contributed by atoms with van der Waals surface area (Å²) in [6, 6.07) is 10.4. The van der Waals surface area contributed by atoms with E-state index in [1.807, 2.05) is 29.5 Å². The van der Waals surface area contributed by atoms with E-state index in [1.54, 1.807) is 0 Å². The lowest BCUT2D eigenvalue weighted by Gasteiger charge is -2.14. The van der Waals surface area contributed by atoms with Crippen molar-refractivity contribution in [3.63, 3.8) is 0 Å². The summed E-state index contributed by atoms with van der Waals surface area (Å²) in [6.07, 6.45) is 0. The van der Waals surface area contributed by atoms with Crippen LogP contribution < -0.4 is 5.32 Å². The van der Waals surface area contributed by atoms with Crippen molar-refractivity contribution in [2.75, 3.05) is 0 Å². The fourth-order valence-electron chi connectivity index (χ4n) is 1.79. The molecule has 0 spiro atoms. The second kappa shape index (κ2) is 6.20. The summed E-state index contributed by atoms with van der Waals surface area (Å²) in [7, 11) is 0. The lowest BCUT2D eigenvalue weighted by Crippen LogP contribution is -2.17. The first-order chi connectivity index (χ1) is 8.58. The van der Waals surface area contributed by atoms with E-state index in [0.29, 0.717) is 0 Å². The smallest absolute Gasteiger partial charge is 0.0453 e. The van der Waals surface area contributed by atoms with Gasteiger partial charge in [-0.15, -0.1) is 11.3 Å². The molecule has 0 aliphatic carbocycles. The van der Waals surface area contributed by atoms with E-state index in [4.69, 9.17) is 11.6 Å². The highest BCUT2D eigenvalue weighted by molar-refractivity contribution is 9.10. The van der Waals surface area contributed by atoms with Crippen LogP contribution in [0.2, 0.25) is 5.02 Å². The third kappa shape index (κ3) is 3.35. The Labute approximate surface area is 125 Å². The summed E-state index contributed by atoms with van der Waals surface area (Å²) in [5, 5.41) is 4.32. The maximum absolute atomic E-state index is 6.19. The minimum absolute atomic E-state index is 0.250. The van der Waals surface area contributed by atoms with Crippen LogP contribution in [0.4, 0.5) is 0 Å². The molecule has 0 amide bonds. The van der Waals surface area contributed by atoms with Gasteiger partial charge < -0.3 is 5.32 Å². The fraction of sp³-hybridized carbons (Fsp3) is 0.286. The molecule has 0 radical (unpaired) electrons. The van der Waals surface area contributed by atoms with Gasteiger partial charge in [0.1, 0.15) is 0 Å². The van der Waals surface area contributed by atoms with Crippen LogP contribution in [-0.4, -0.2) is 0 Å². The second-order valence-corrected chi connectivity index (χ2v) is 6.84. The van der Waals surface area contributed by atoms with E-state index in [9.17, 15) is 0 Å². The van der Waals surface area contributed by atoms with Gasteiger partial charge in [0, 0.05) is 31.8 Å². The average Bonchev–Trinajstić information content (AvgIpc) is 2.66. The summed E-state index contributed by atoms with van der Waals surface area (Å²) >= 11 is 11.5. The van der Waals surface area contributed by atoms with Crippen molar-refractivity contribution in [3.8, 4) is 0 Å². The molecule has 1 nitrogen and oxygen atoms in total. The van der Waals surface area contributed by atoms with E-state index in [2.05, 4.69) is 47.2 Å². The number of halogens is 2. The van der Waals surface area contributed by atoms with Crippen LogP contribution in [0.1, 0.15) is 28.3 Å². The molecule has 2 aromatic rings. The van der Waals surface area contributed by atoms with Gasteiger partial charge in [-0.05, 0) is 47.5 Å². The molecule has 0 saturated heterocycles. The van der Waals surface area contributed by atoms with Gasteiger partial charge in [0.2, 0.25) is 0 Å². The zero-order valence-corrected chi connectivity index (χ0v) is 13.5. The zero-order chi connectivity index (χ0) is 13.1. The van der Waals surface area contributed by atoms with E-state index < -0.39 is 0 Å². The Morgan fingerprint density at radius 3 is 2.72 bits per heavy atom. The van der Waals surface area contributed by atoms with Crippen molar-refractivity contribution in [1.82, 2.24) is 5.32 Å². The third-order valence-electron chi connectivity index (χ3n) is 2.86. The summed E-state index contributed by atoms with van der Waals surface area (Å²) < 4.78 is 1.19. The molecular formula is C14H15BrClNS. The first-order valence-corrected chi connectivity index (χ1v) is 7.79.